The molecule has 16 heavy (non-hydrogen) atoms. The van der Waals surface area contributed by atoms with Crippen LogP contribution in [0.2, 0.25) is 5.02 Å². The third-order valence-electron chi connectivity index (χ3n) is 2.22. The Labute approximate surface area is 107 Å². The lowest BCUT2D eigenvalue weighted by molar-refractivity contribution is 0.608. The molecule has 82 valence electrons. The summed E-state index contributed by atoms with van der Waals surface area (Å²) in [5, 5.41) is 0.710. The maximum Gasteiger partial charge on any atom is 0.181 e. The summed E-state index contributed by atoms with van der Waals surface area (Å²) in [4.78, 5) is 0.611. The van der Waals surface area contributed by atoms with Crippen LogP contribution in [0.3, 0.4) is 0 Å². The molecule has 0 radical (unpaired) electrons. The monoisotopic (exact) mass is 270 g/mol. The summed E-state index contributed by atoms with van der Waals surface area (Å²) < 4.78 is 11.0. The predicted octanol–water partition coefficient (Wildman–Crippen LogP) is 4.27. The highest BCUT2D eigenvalue weighted by Crippen LogP contribution is 2.24. The van der Waals surface area contributed by atoms with Gasteiger partial charge in [-0.25, -0.2) is 0 Å². The summed E-state index contributed by atoms with van der Waals surface area (Å²) in [5.74, 6) is 0. The molecule has 2 aromatic rings. The number of hydrogen-bond donors (Lipinski definition) is 0. The first-order chi connectivity index (χ1) is 7.66. The lowest BCUT2D eigenvalue weighted by Gasteiger charge is -2.03. The van der Waals surface area contributed by atoms with E-state index in [1.54, 1.807) is 12.1 Å². The topological polar surface area (TPSA) is 23.1 Å². The van der Waals surface area contributed by atoms with Gasteiger partial charge in [-0.2, -0.15) is 0 Å². The van der Waals surface area contributed by atoms with E-state index in [1.165, 1.54) is 0 Å². The van der Waals surface area contributed by atoms with Gasteiger partial charge < -0.3 is 4.55 Å². The van der Waals surface area contributed by atoms with Gasteiger partial charge in [0.2, 0.25) is 0 Å². The van der Waals surface area contributed by atoms with Crippen molar-refractivity contribution in [1.29, 1.82) is 0 Å². The van der Waals surface area contributed by atoms with Crippen molar-refractivity contribution in [3.05, 3.63) is 53.6 Å². The predicted molar refractivity (Wildman–Crippen MR) is 69.1 cm³/mol. The van der Waals surface area contributed by atoms with Gasteiger partial charge in [-0.05, 0) is 47.5 Å². The lowest BCUT2D eigenvalue weighted by Crippen LogP contribution is -1.89. The molecule has 0 aliphatic rings. The van der Waals surface area contributed by atoms with Crippen molar-refractivity contribution >= 4 is 32.7 Å². The second-order valence-corrected chi connectivity index (χ2v) is 5.45. The van der Waals surface area contributed by atoms with Crippen LogP contribution in [0.1, 0.15) is 0 Å². The average Bonchev–Trinajstić information content (AvgIpc) is 2.30. The fourth-order valence-corrected chi connectivity index (χ4v) is 2.18. The highest BCUT2D eigenvalue weighted by atomic mass is 35.7. The minimum Gasteiger partial charge on any atom is -0.594 e. The molecule has 0 bridgehead atoms. The van der Waals surface area contributed by atoms with Crippen LogP contribution in [0.25, 0.3) is 11.1 Å². The molecule has 0 amide bonds. The van der Waals surface area contributed by atoms with Gasteiger partial charge in [-0.15, -0.1) is 0 Å². The summed E-state index contributed by atoms with van der Waals surface area (Å²) in [7, 11) is 4.03. The van der Waals surface area contributed by atoms with Gasteiger partial charge in [0.25, 0.3) is 0 Å². The molecule has 2 aromatic carbocycles. The molecule has 0 saturated heterocycles. The van der Waals surface area contributed by atoms with Crippen molar-refractivity contribution < 1.29 is 4.55 Å². The molecule has 1 unspecified atom stereocenters. The summed E-state index contributed by atoms with van der Waals surface area (Å²) in [5.41, 5.74) is 2.11. The third-order valence-corrected chi connectivity index (χ3v) is 3.65. The molecular formula is C12H8Cl2OS. The van der Waals surface area contributed by atoms with E-state index in [9.17, 15) is 4.55 Å². The Bertz CT molecular complexity index is 465. The fourth-order valence-electron chi connectivity index (χ4n) is 1.40. The minimum absolute atomic E-state index is 0.611. The smallest absolute Gasteiger partial charge is 0.181 e. The third kappa shape index (κ3) is 2.71. The molecule has 1 nitrogen and oxygen atoms in total. The van der Waals surface area contributed by atoms with Crippen LogP contribution in [0.4, 0.5) is 0 Å². The fraction of sp³-hybridized carbons (Fsp3) is 0. The van der Waals surface area contributed by atoms with Crippen LogP contribution in [0.5, 0.6) is 0 Å². The van der Waals surface area contributed by atoms with Crippen LogP contribution in [-0.4, -0.2) is 4.55 Å². The Morgan fingerprint density at radius 2 is 1.25 bits per heavy atom. The maximum absolute atomic E-state index is 11.0. The van der Waals surface area contributed by atoms with Crippen LogP contribution in [0.15, 0.2) is 53.4 Å². The first-order valence-electron chi connectivity index (χ1n) is 4.61. The van der Waals surface area contributed by atoms with Gasteiger partial charge in [0.15, 0.2) is 15.6 Å². The van der Waals surface area contributed by atoms with Gasteiger partial charge in [0, 0.05) is 5.02 Å². The Hall–Kier alpha value is -0.670. The zero-order chi connectivity index (χ0) is 11.5. The molecule has 2 rings (SSSR count). The highest BCUT2D eigenvalue weighted by Gasteiger charge is 2.07. The second-order valence-electron chi connectivity index (χ2n) is 3.25. The Kier molecular flexibility index (Phi) is 3.77. The molecule has 0 heterocycles. The molecule has 4 heteroatoms. The van der Waals surface area contributed by atoms with Gasteiger partial charge in [0.1, 0.15) is 10.4 Å². The van der Waals surface area contributed by atoms with E-state index >= 15 is 0 Å². The molecule has 0 aliphatic heterocycles. The number of hydrogen-bond acceptors (Lipinski definition) is 1. The average molecular weight is 271 g/mol. The van der Waals surface area contributed by atoms with E-state index < -0.39 is 10.4 Å². The first-order valence-corrected chi connectivity index (χ1v) is 6.96. The van der Waals surface area contributed by atoms with Crippen molar-refractivity contribution in [2.24, 2.45) is 0 Å². The summed E-state index contributed by atoms with van der Waals surface area (Å²) in [6.45, 7) is 0. The molecular weight excluding hydrogens is 263 g/mol. The summed E-state index contributed by atoms with van der Waals surface area (Å²) in [6.07, 6.45) is 0. The molecule has 0 saturated carbocycles. The van der Waals surface area contributed by atoms with Crippen molar-refractivity contribution in [1.82, 2.24) is 0 Å². The molecule has 1 atom stereocenters. The largest absolute Gasteiger partial charge is 0.594 e. The van der Waals surface area contributed by atoms with Gasteiger partial charge in [0.05, 0.1) is 0 Å². The van der Waals surface area contributed by atoms with Crippen LogP contribution < -0.4 is 0 Å². The van der Waals surface area contributed by atoms with Crippen molar-refractivity contribution in [3.63, 3.8) is 0 Å². The standard InChI is InChI=1S/C12H8Cl2OS/c13-11-5-1-9(2-6-11)10-3-7-12(8-4-10)16(14)15/h1-8H. The molecule has 0 fully saturated rings. The maximum atomic E-state index is 11.0. The number of benzene rings is 2. The zero-order valence-electron chi connectivity index (χ0n) is 8.19. The van der Waals surface area contributed by atoms with E-state index in [-0.39, 0.29) is 0 Å². The lowest BCUT2D eigenvalue weighted by atomic mass is 10.1. The molecule has 0 aliphatic carbocycles. The van der Waals surface area contributed by atoms with E-state index in [0.29, 0.717) is 9.92 Å². The second kappa shape index (κ2) is 5.11. The van der Waals surface area contributed by atoms with E-state index in [4.69, 9.17) is 22.3 Å². The zero-order valence-corrected chi connectivity index (χ0v) is 10.5. The summed E-state index contributed by atoms with van der Waals surface area (Å²) in [6, 6.07) is 14.8. The van der Waals surface area contributed by atoms with Gasteiger partial charge in [-0.1, -0.05) is 23.7 Å². The van der Waals surface area contributed by atoms with Crippen LogP contribution >= 0.6 is 22.3 Å². The highest BCUT2D eigenvalue weighted by molar-refractivity contribution is 8.13. The Morgan fingerprint density at radius 1 is 0.812 bits per heavy atom. The molecule has 0 N–H and O–H groups in total. The van der Waals surface area contributed by atoms with Crippen molar-refractivity contribution in [2.45, 2.75) is 4.90 Å². The van der Waals surface area contributed by atoms with E-state index in [0.717, 1.165) is 11.1 Å². The quantitative estimate of drug-likeness (QED) is 0.748. The number of halogens is 2. The molecule has 0 spiro atoms. The van der Waals surface area contributed by atoms with Gasteiger partial charge in [-0.3, -0.25) is 0 Å². The van der Waals surface area contributed by atoms with E-state index in [1.807, 2.05) is 36.4 Å². The molecule has 0 aromatic heterocycles. The van der Waals surface area contributed by atoms with Crippen molar-refractivity contribution in [3.8, 4) is 11.1 Å². The van der Waals surface area contributed by atoms with Crippen LogP contribution in [0, 0.1) is 0 Å². The Morgan fingerprint density at radius 3 is 1.69 bits per heavy atom. The first kappa shape index (κ1) is 11.8. The van der Waals surface area contributed by atoms with E-state index in [2.05, 4.69) is 0 Å². The van der Waals surface area contributed by atoms with Crippen LogP contribution in [-0.2, 0) is 10.4 Å². The normalized spacial score (nSPS) is 12.4. The Balaban J connectivity index is 2.31. The summed E-state index contributed by atoms with van der Waals surface area (Å²) >= 11 is 5.81. The van der Waals surface area contributed by atoms with Gasteiger partial charge >= 0.3 is 0 Å². The number of rotatable bonds is 2. The SMILES string of the molecule is [O-][S+](Cl)c1ccc(-c2ccc(Cl)cc2)cc1. The van der Waals surface area contributed by atoms with Crippen molar-refractivity contribution in [2.75, 3.05) is 0 Å². The minimum atomic E-state index is -1.45.